The molecule has 1 aliphatic carbocycles. The first-order valence-corrected chi connectivity index (χ1v) is 7.09. The third-order valence-corrected chi connectivity index (χ3v) is 4.65. The van der Waals surface area contributed by atoms with Crippen LogP contribution < -0.4 is 5.32 Å². The summed E-state index contributed by atoms with van der Waals surface area (Å²) < 4.78 is 0. The summed E-state index contributed by atoms with van der Waals surface area (Å²) in [6.45, 7) is 12.2. The van der Waals surface area contributed by atoms with Gasteiger partial charge in [-0.3, -0.25) is 0 Å². The SMILES string of the molecule is CCN1CCCC(C(C)NCC2(C)CC2)C1. The minimum atomic E-state index is 0.646. The van der Waals surface area contributed by atoms with Gasteiger partial charge in [-0.1, -0.05) is 13.8 Å². The molecule has 0 radical (unpaired) electrons. The van der Waals surface area contributed by atoms with Gasteiger partial charge in [0.2, 0.25) is 0 Å². The Morgan fingerprint density at radius 1 is 1.44 bits per heavy atom. The van der Waals surface area contributed by atoms with E-state index in [0.29, 0.717) is 11.5 Å². The molecule has 94 valence electrons. The minimum Gasteiger partial charge on any atom is -0.313 e. The Labute approximate surface area is 101 Å². The summed E-state index contributed by atoms with van der Waals surface area (Å²) in [5, 5.41) is 3.77. The quantitative estimate of drug-likeness (QED) is 0.772. The van der Waals surface area contributed by atoms with Gasteiger partial charge in [0.15, 0.2) is 0 Å². The maximum Gasteiger partial charge on any atom is 0.00794 e. The van der Waals surface area contributed by atoms with Crippen LogP contribution in [0.1, 0.15) is 46.5 Å². The van der Waals surface area contributed by atoms with E-state index in [9.17, 15) is 0 Å². The molecule has 2 aliphatic rings. The Morgan fingerprint density at radius 3 is 2.81 bits per heavy atom. The van der Waals surface area contributed by atoms with Crippen LogP contribution in [0.2, 0.25) is 0 Å². The normalized spacial score (nSPS) is 31.3. The second kappa shape index (κ2) is 5.05. The highest BCUT2D eigenvalue weighted by atomic mass is 15.1. The summed E-state index contributed by atoms with van der Waals surface area (Å²) in [5.74, 6) is 0.871. The standard InChI is InChI=1S/C14H28N2/c1-4-16-9-5-6-13(10-16)12(2)15-11-14(3)7-8-14/h12-13,15H,4-11H2,1-3H3. The lowest BCUT2D eigenvalue weighted by Crippen LogP contribution is -2.45. The summed E-state index contributed by atoms with van der Waals surface area (Å²) in [7, 11) is 0. The van der Waals surface area contributed by atoms with E-state index in [4.69, 9.17) is 0 Å². The molecule has 2 nitrogen and oxygen atoms in total. The molecule has 0 spiro atoms. The monoisotopic (exact) mass is 224 g/mol. The molecule has 2 atom stereocenters. The highest BCUT2D eigenvalue weighted by Crippen LogP contribution is 2.44. The maximum atomic E-state index is 3.77. The Balaban J connectivity index is 1.72. The smallest absolute Gasteiger partial charge is 0.00794 e. The second-order valence-electron chi connectivity index (χ2n) is 6.28. The van der Waals surface area contributed by atoms with E-state index < -0.39 is 0 Å². The van der Waals surface area contributed by atoms with Crippen molar-refractivity contribution < 1.29 is 0 Å². The van der Waals surface area contributed by atoms with Crippen LogP contribution in [-0.4, -0.2) is 37.1 Å². The largest absolute Gasteiger partial charge is 0.313 e. The van der Waals surface area contributed by atoms with E-state index >= 15 is 0 Å². The predicted octanol–water partition coefficient (Wildman–Crippen LogP) is 2.50. The lowest BCUT2D eigenvalue weighted by molar-refractivity contribution is 0.155. The summed E-state index contributed by atoms with van der Waals surface area (Å²) in [5.41, 5.74) is 0.646. The molecular weight excluding hydrogens is 196 g/mol. The molecule has 0 aromatic heterocycles. The fourth-order valence-corrected chi connectivity index (χ4v) is 2.75. The summed E-state index contributed by atoms with van der Waals surface area (Å²) in [6.07, 6.45) is 5.67. The molecule has 2 unspecified atom stereocenters. The number of rotatable bonds is 5. The topological polar surface area (TPSA) is 15.3 Å². The molecular formula is C14H28N2. The fourth-order valence-electron chi connectivity index (χ4n) is 2.75. The zero-order chi connectivity index (χ0) is 11.6. The van der Waals surface area contributed by atoms with Gasteiger partial charge in [0.1, 0.15) is 0 Å². The van der Waals surface area contributed by atoms with E-state index in [1.165, 1.54) is 51.9 Å². The zero-order valence-corrected chi connectivity index (χ0v) is 11.3. The summed E-state index contributed by atoms with van der Waals surface area (Å²) >= 11 is 0. The average Bonchev–Trinajstić information content (AvgIpc) is 3.05. The van der Waals surface area contributed by atoms with Crippen molar-refractivity contribution in [1.29, 1.82) is 0 Å². The zero-order valence-electron chi connectivity index (χ0n) is 11.3. The molecule has 1 aliphatic heterocycles. The van der Waals surface area contributed by atoms with Crippen LogP contribution in [0.25, 0.3) is 0 Å². The van der Waals surface area contributed by atoms with Crippen LogP contribution in [-0.2, 0) is 0 Å². The number of hydrogen-bond acceptors (Lipinski definition) is 2. The van der Waals surface area contributed by atoms with Crippen molar-refractivity contribution in [2.45, 2.75) is 52.5 Å². The van der Waals surface area contributed by atoms with Crippen LogP contribution in [0.5, 0.6) is 0 Å². The van der Waals surface area contributed by atoms with Gasteiger partial charge in [-0.05, 0) is 57.0 Å². The first kappa shape index (κ1) is 12.4. The van der Waals surface area contributed by atoms with E-state index in [1.54, 1.807) is 0 Å². The molecule has 1 saturated heterocycles. The molecule has 0 aromatic rings. The Bertz CT molecular complexity index is 223. The Morgan fingerprint density at radius 2 is 2.19 bits per heavy atom. The summed E-state index contributed by atoms with van der Waals surface area (Å²) in [4.78, 5) is 2.60. The van der Waals surface area contributed by atoms with Crippen LogP contribution >= 0.6 is 0 Å². The van der Waals surface area contributed by atoms with Gasteiger partial charge in [0.05, 0.1) is 0 Å². The molecule has 1 N–H and O–H groups in total. The van der Waals surface area contributed by atoms with Gasteiger partial charge >= 0.3 is 0 Å². The van der Waals surface area contributed by atoms with Gasteiger partial charge in [0.25, 0.3) is 0 Å². The van der Waals surface area contributed by atoms with Crippen molar-refractivity contribution in [2.24, 2.45) is 11.3 Å². The van der Waals surface area contributed by atoms with Crippen LogP contribution in [0, 0.1) is 11.3 Å². The fraction of sp³-hybridized carbons (Fsp3) is 1.00. The number of nitrogens with zero attached hydrogens (tertiary/aromatic N) is 1. The van der Waals surface area contributed by atoms with Crippen molar-refractivity contribution in [3.8, 4) is 0 Å². The van der Waals surface area contributed by atoms with Gasteiger partial charge in [-0.15, -0.1) is 0 Å². The molecule has 1 heterocycles. The second-order valence-corrected chi connectivity index (χ2v) is 6.28. The van der Waals surface area contributed by atoms with Gasteiger partial charge in [0, 0.05) is 19.1 Å². The Kier molecular flexibility index (Phi) is 3.91. The predicted molar refractivity (Wildman–Crippen MR) is 69.6 cm³/mol. The van der Waals surface area contributed by atoms with Gasteiger partial charge < -0.3 is 10.2 Å². The van der Waals surface area contributed by atoms with Crippen molar-refractivity contribution in [3.05, 3.63) is 0 Å². The number of piperidine rings is 1. The van der Waals surface area contributed by atoms with Crippen molar-refractivity contribution in [3.63, 3.8) is 0 Å². The Hall–Kier alpha value is -0.0800. The molecule has 0 bridgehead atoms. The molecule has 2 rings (SSSR count). The van der Waals surface area contributed by atoms with Crippen molar-refractivity contribution in [1.82, 2.24) is 10.2 Å². The average molecular weight is 224 g/mol. The molecule has 1 saturated carbocycles. The van der Waals surface area contributed by atoms with E-state index in [1.807, 2.05) is 0 Å². The third-order valence-electron chi connectivity index (χ3n) is 4.65. The van der Waals surface area contributed by atoms with Crippen molar-refractivity contribution in [2.75, 3.05) is 26.2 Å². The van der Waals surface area contributed by atoms with E-state index in [2.05, 4.69) is 31.0 Å². The first-order chi connectivity index (χ1) is 7.63. The molecule has 0 amide bonds. The number of hydrogen-bond donors (Lipinski definition) is 1. The van der Waals surface area contributed by atoms with Crippen LogP contribution in [0.15, 0.2) is 0 Å². The molecule has 0 aromatic carbocycles. The van der Waals surface area contributed by atoms with E-state index in [-0.39, 0.29) is 0 Å². The van der Waals surface area contributed by atoms with Gasteiger partial charge in [-0.25, -0.2) is 0 Å². The van der Waals surface area contributed by atoms with E-state index in [0.717, 1.165) is 5.92 Å². The number of nitrogens with one attached hydrogen (secondary N) is 1. The molecule has 16 heavy (non-hydrogen) atoms. The molecule has 2 fully saturated rings. The van der Waals surface area contributed by atoms with Crippen LogP contribution in [0.3, 0.4) is 0 Å². The van der Waals surface area contributed by atoms with Crippen molar-refractivity contribution >= 4 is 0 Å². The third kappa shape index (κ3) is 3.21. The van der Waals surface area contributed by atoms with Gasteiger partial charge in [-0.2, -0.15) is 0 Å². The maximum absolute atomic E-state index is 3.77. The summed E-state index contributed by atoms with van der Waals surface area (Å²) in [6, 6.07) is 0.701. The number of likely N-dealkylation sites (tertiary alicyclic amines) is 1. The lowest BCUT2D eigenvalue weighted by Gasteiger charge is -2.36. The highest BCUT2D eigenvalue weighted by Gasteiger charge is 2.37. The van der Waals surface area contributed by atoms with Crippen LogP contribution in [0.4, 0.5) is 0 Å². The molecule has 2 heteroatoms. The minimum absolute atomic E-state index is 0.646. The first-order valence-electron chi connectivity index (χ1n) is 7.09. The highest BCUT2D eigenvalue weighted by molar-refractivity contribution is 4.92. The lowest BCUT2D eigenvalue weighted by atomic mass is 9.91.